The molecular formula is C30H38N6O5. The number of methoxy groups -OCH3 is 1. The van der Waals surface area contributed by atoms with Gasteiger partial charge < -0.3 is 36.3 Å². The molecule has 11 heteroatoms. The van der Waals surface area contributed by atoms with E-state index in [0.29, 0.717) is 17.9 Å². The molecule has 11 nitrogen and oxygen atoms in total. The number of nitrogens with two attached hydrogens (primary N) is 1. The van der Waals surface area contributed by atoms with Crippen molar-refractivity contribution < 1.29 is 23.9 Å². The topological polar surface area (TPSA) is 159 Å². The van der Waals surface area contributed by atoms with Crippen LogP contribution in [0.3, 0.4) is 0 Å². The third kappa shape index (κ3) is 7.36. The second-order valence-corrected chi connectivity index (χ2v) is 11.5. The maximum atomic E-state index is 13.8. The number of para-hydroxylation sites is 1. The molecule has 3 unspecified atom stereocenters. The van der Waals surface area contributed by atoms with E-state index in [9.17, 15) is 19.2 Å². The Hall–Kier alpha value is -4.54. The molecular weight excluding hydrogens is 524 g/mol. The van der Waals surface area contributed by atoms with Crippen LogP contribution in [-0.4, -0.2) is 65.4 Å². The Bertz CT molecular complexity index is 1430. The van der Waals surface area contributed by atoms with E-state index in [1.54, 1.807) is 30.5 Å². The average molecular weight is 563 g/mol. The first kappa shape index (κ1) is 29.4. The summed E-state index contributed by atoms with van der Waals surface area (Å²) in [6, 6.07) is 11.2. The maximum absolute atomic E-state index is 13.8. The number of nitrogens with zero attached hydrogens (tertiary/aromatic N) is 1. The van der Waals surface area contributed by atoms with Crippen LogP contribution in [-0.2, 0) is 20.8 Å². The zero-order chi connectivity index (χ0) is 29.7. The lowest BCUT2D eigenvalue weighted by molar-refractivity contribution is -0.141. The van der Waals surface area contributed by atoms with Crippen LogP contribution in [0.1, 0.15) is 39.2 Å². The van der Waals surface area contributed by atoms with Crippen molar-refractivity contribution in [1.82, 2.24) is 20.5 Å². The third-order valence-electron chi connectivity index (χ3n) is 7.07. The average Bonchev–Trinajstić information content (AvgIpc) is 3.51. The van der Waals surface area contributed by atoms with Gasteiger partial charge in [0.05, 0.1) is 13.2 Å². The van der Waals surface area contributed by atoms with Crippen LogP contribution in [0.4, 0.5) is 10.5 Å². The lowest BCUT2D eigenvalue weighted by Crippen LogP contribution is -2.58. The molecule has 2 heterocycles. The standard InChI is InChI=1S/C30H38N6O5/c1-30(2,3)16-25(37)36-13-12-23(35-29(40)33-19-8-7-9-20(15-19)41-4)26(36)28(39)34-24(27(31)38)14-18-17-32-22-11-6-5-10-21(18)22/h5-11,15,17,23-24,26,32H,12-14,16H2,1-4H3,(H2,31,38)(H,34,39)(H2,33,35,40). The predicted molar refractivity (Wildman–Crippen MR) is 156 cm³/mol. The van der Waals surface area contributed by atoms with E-state index >= 15 is 0 Å². The monoisotopic (exact) mass is 562 g/mol. The molecule has 5 amide bonds. The summed E-state index contributed by atoms with van der Waals surface area (Å²) >= 11 is 0. The van der Waals surface area contributed by atoms with Gasteiger partial charge in [0.2, 0.25) is 17.7 Å². The lowest BCUT2D eigenvalue weighted by atomic mass is 9.91. The third-order valence-corrected chi connectivity index (χ3v) is 7.07. The van der Waals surface area contributed by atoms with Gasteiger partial charge in [0.15, 0.2) is 0 Å². The number of H-pyrrole nitrogens is 1. The van der Waals surface area contributed by atoms with Crippen molar-refractivity contribution in [3.8, 4) is 5.75 Å². The number of rotatable bonds is 9. The maximum Gasteiger partial charge on any atom is 0.319 e. The second-order valence-electron chi connectivity index (χ2n) is 11.5. The molecule has 3 atom stereocenters. The highest BCUT2D eigenvalue weighted by Gasteiger charge is 2.44. The Labute approximate surface area is 239 Å². The van der Waals surface area contributed by atoms with Crippen LogP contribution >= 0.6 is 0 Å². The number of ether oxygens (including phenoxy) is 1. The summed E-state index contributed by atoms with van der Waals surface area (Å²) < 4.78 is 5.21. The number of anilines is 1. The Morgan fingerprint density at radius 2 is 1.88 bits per heavy atom. The predicted octanol–water partition coefficient (Wildman–Crippen LogP) is 2.92. The van der Waals surface area contributed by atoms with Crippen molar-refractivity contribution in [3.05, 3.63) is 60.3 Å². The Balaban J connectivity index is 1.53. The molecule has 1 aromatic heterocycles. The van der Waals surface area contributed by atoms with Crippen LogP contribution in [0.15, 0.2) is 54.7 Å². The first-order valence-corrected chi connectivity index (χ1v) is 13.6. The molecule has 3 aromatic rings. The molecule has 0 aliphatic carbocycles. The highest BCUT2D eigenvalue weighted by Crippen LogP contribution is 2.26. The van der Waals surface area contributed by atoms with Crippen molar-refractivity contribution in [2.45, 2.75) is 58.2 Å². The van der Waals surface area contributed by atoms with Crippen molar-refractivity contribution in [1.29, 1.82) is 0 Å². The van der Waals surface area contributed by atoms with Crippen LogP contribution in [0.5, 0.6) is 5.75 Å². The van der Waals surface area contributed by atoms with E-state index in [-0.39, 0.29) is 30.7 Å². The quantitative estimate of drug-likeness (QED) is 0.271. The second kappa shape index (κ2) is 12.3. The zero-order valence-electron chi connectivity index (χ0n) is 23.8. The normalized spacial score (nSPS) is 17.6. The number of benzene rings is 2. The van der Waals surface area contributed by atoms with Gasteiger partial charge in [-0.3, -0.25) is 14.4 Å². The summed E-state index contributed by atoms with van der Waals surface area (Å²) in [5.41, 5.74) is 7.64. The van der Waals surface area contributed by atoms with Crippen LogP contribution in [0.25, 0.3) is 10.9 Å². The highest BCUT2D eigenvalue weighted by molar-refractivity contribution is 5.95. The van der Waals surface area contributed by atoms with E-state index in [0.717, 1.165) is 16.5 Å². The number of likely N-dealkylation sites (tertiary alicyclic amines) is 1. The number of aromatic amines is 1. The van der Waals surface area contributed by atoms with Crippen LogP contribution < -0.4 is 26.4 Å². The van der Waals surface area contributed by atoms with Gasteiger partial charge in [0.25, 0.3) is 0 Å². The molecule has 2 aromatic carbocycles. The molecule has 6 N–H and O–H groups in total. The number of aromatic nitrogens is 1. The van der Waals surface area contributed by atoms with Gasteiger partial charge in [0, 0.05) is 48.2 Å². The first-order chi connectivity index (χ1) is 19.4. The molecule has 1 fully saturated rings. The number of carbonyl (C=O) groups is 4. The van der Waals surface area contributed by atoms with Crippen molar-refractivity contribution >= 4 is 40.3 Å². The van der Waals surface area contributed by atoms with Crippen LogP contribution in [0.2, 0.25) is 0 Å². The van der Waals surface area contributed by atoms with Gasteiger partial charge in [-0.25, -0.2) is 4.79 Å². The molecule has 1 saturated heterocycles. The van der Waals surface area contributed by atoms with E-state index in [2.05, 4.69) is 20.9 Å². The number of primary amides is 1. The largest absolute Gasteiger partial charge is 0.497 e. The Morgan fingerprint density at radius 1 is 1.12 bits per heavy atom. The number of amides is 5. The molecule has 41 heavy (non-hydrogen) atoms. The number of hydrogen-bond donors (Lipinski definition) is 5. The molecule has 218 valence electrons. The minimum Gasteiger partial charge on any atom is -0.497 e. The molecule has 4 rings (SSSR count). The molecule has 1 aliphatic heterocycles. The summed E-state index contributed by atoms with van der Waals surface area (Å²) in [5, 5.41) is 9.29. The number of hydrogen-bond acceptors (Lipinski definition) is 5. The fraction of sp³-hybridized carbons (Fsp3) is 0.400. The number of fused-ring (bicyclic) bond motifs is 1. The van der Waals surface area contributed by atoms with Gasteiger partial charge in [-0.2, -0.15) is 0 Å². The molecule has 0 spiro atoms. The summed E-state index contributed by atoms with van der Waals surface area (Å²) in [6.45, 7) is 6.10. The van der Waals surface area contributed by atoms with Gasteiger partial charge in [-0.15, -0.1) is 0 Å². The van der Waals surface area contributed by atoms with E-state index in [1.807, 2.05) is 45.0 Å². The number of urea groups is 1. The fourth-order valence-electron chi connectivity index (χ4n) is 5.14. The van der Waals surface area contributed by atoms with Gasteiger partial charge in [0.1, 0.15) is 17.8 Å². The van der Waals surface area contributed by atoms with Crippen molar-refractivity contribution in [3.63, 3.8) is 0 Å². The summed E-state index contributed by atoms with van der Waals surface area (Å²) in [4.78, 5) is 57.1. The Morgan fingerprint density at radius 3 is 2.59 bits per heavy atom. The number of nitrogens with one attached hydrogen (secondary N) is 4. The number of carbonyl (C=O) groups excluding carboxylic acids is 4. The highest BCUT2D eigenvalue weighted by atomic mass is 16.5. The molecule has 0 bridgehead atoms. The van der Waals surface area contributed by atoms with E-state index in [1.165, 1.54) is 12.0 Å². The summed E-state index contributed by atoms with van der Waals surface area (Å²) in [7, 11) is 1.53. The fourth-order valence-corrected chi connectivity index (χ4v) is 5.14. The lowest BCUT2D eigenvalue weighted by Gasteiger charge is -2.31. The van der Waals surface area contributed by atoms with Gasteiger partial charge in [-0.05, 0) is 35.6 Å². The summed E-state index contributed by atoms with van der Waals surface area (Å²) in [5.74, 6) is -0.885. The minimum absolute atomic E-state index is 0.169. The first-order valence-electron chi connectivity index (χ1n) is 13.6. The zero-order valence-corrected chi connectivity index (χ0v) is 23.8. The smallest absolute Gasteiger partial charge is 0.319 e. The van der Waals surface area contributed by atoms with Gasteiger partial charge in [-0.1, -0.05) is 45.0 Å². The van der Waals surface area contributed by atoms with Crippen molar-refractivity contribution in [2.24, 2.45) is 11.1 Å². The molecule has 0 saturated carbocycles. The van der Waals surface area contributed by atoms with E-state index < -0.39 is 36.0 Å². The minimum atomic E-state index is -1.02. The molecule has 0 radical (unpaired) electrons. The van der Waals surface area contributed by atoms with Crippen molar-refractivity contribution in [2.75, 3.05) is 19.0 Å². The Kier molecular flexibility index (Phi) is 8.85. The van der Waals surface area contributed by atoms with Gasteiger partial charge >= 0.3 is 6.03 Å². The summed E-state index contributed by atoms with van der Waals surface area (Å²) in [6.07, 6.45) is 2.54. The molecule has 1 aliphatic rings. The van der Waals surface area contributed by atoms with Crippen LogP contribution in [0, 0.1) is 5.41 Å². The SMILES string of the molecule is COc1cccc(NC(=O)NC2CCN(C(=O)CC(C)(C)C)C2C(=O)NC(Cc2c[nH]c3ccccc23)C(N)=O)c1. The van der Waals surface area contributed by atoms with E-state index in [4.69, 9.17) is 10.5 Å².